The first-order chi connectivity index (χ1) is 13.6. The van der Waals surface area contributed by atoms with Crippen molar-refractivity contribution in [3.8, 4) is 11.5 Å². The van der Waals surface area contributed by atoms with Gasteiger partial charge >= 0.3 is 5.97 Å². The number of hydrogen-bond donors (Lipinski definition) is 0. The summed E-state index contributed by atoms with van der Waals surface area (Å²) in [6, 6.07) is 12.1. The number of carbonyl (C=O) groups excluding carboxylic acids is 1. The van der Waals surface area contributed by atoms with Crippen molar-refractivity contribution < 1.29 is 19.0 Å². The standard InChI is InChI=1S/C20H19N3O5/c1-3-27-19(24)12-28-18-10-14(8-9-17(18)26-2)11-22-23-13-21-16-7-5-4-6-15(16)20(23)25/h4-11,13H,3,12H2,1-2H3/b22-11-. The fourth-order valence-electron chi connectivity index (χ4n) is 2.50. The van der Waals surface area contributed by atoms with Crippen molar-refractivity contribution in [3.05, 3.63) is 64.7 Å². The van der Waals surface area contributed by atoms with E-state index < -0.39 is 5.97 Å². The lowest BCUT2D eigenvalue weighted by molar-refractivity contribution is -0.145. The van der Waals surface area contributed by atoms with Gasteiger partial charge in [0.05, 0.1) is 30.8 Å². The fraction of sp³-hybridized carbons (Fsp3) is 0.200. The number of esters is 1. The minimum atomic E-state index is -0.475. The largest absolute Gasteiger partial charge is 0.493 e. The number of aromatic nitrogens is 2. The van der Waals surface area contributed by atoms with Gasteiger partial charge in [-0.05, 0) is 42.8 Å². The molecule has 0 amide bonds. The Bertz CT molecular complexity index is 1070. The predicted molar refractivity (Wildman–Crippen MR) is 104 cm³/mol. The third kappa shape index (κ3) is 4.35. The summed E-state index contributed by atoms with van der Waals surface area (Å²) in [5.74, 6) is 0.354. The Labute approximate surface area is 161 Å². The van der Waals surface area contributed by atoms with Gasteiger partial charge < -0.3 is 14.2 Å². The van der Waals surface area contributed by atoms with Gasteiger partial charge in [0.25, 0.3) is 5.56 Å². The molecule has 0 unspecified atom stereocenters. The first-order valence-corrected chi connectivity index (χ1v) is 8.59. The number of nitrogens with zero attached hydrogens (tertiary/aromatic N) is 3. The van der Waals surface area contributed by atoms with Gasteiger partial charge in [-0.3, -0.25) is 4.79 Å². The van der Waals surface area contributed by atoms with Crippen LogP contribution in [0.5, 0.6) is 11.5 Å². The van der Waals surface area contributed by atoms with Gasteiger partial charge in [-0.1, -0.05) is 12.1 Å². The Morgan fingerprint density at radius 3 is 2.82 bits per heavy atom. The number of para-hydroxylation sites is 1. The van der Waals surface area contributed by atoms with E-state index >= 15 is 0 Å². The topological polar surface area (TPSA) is 92.0 Å². The van der Waals surface area contributed by atoms with Crippen LogP contribution >= 0.6 is 0 Å². The average Bonchev–Trinajstić information content (AvgIpc) is 2.72. The predicted octanol–water partition coefficient (Wildman–Crippen LogP) is 2.23. The van der Waals surface area contributed by atoms with Gasteiger partial charge in [0.2, 0.25) is 0 Å². The molecule has 8 heteroatoms. The molecule has 2 aromatic carbocycles. The van der Waals surface area contributed by atoms with E-state index in [1.165, 1.54) is 19.7 Å². The van der Waals surface area contributed by atoms with Crippen LogP contribution in [0.2, 0.25) is 0 Å². The first-order valence-electron chi connectivity index (χ1n) is 8.59. The normalized spacial score (nSPS) is 10.9. The van der Waals surface area contributed by atoms with E-state index in [1.54, 1.807) is 43.3 Å². The highest BCUT2D eigenvalue weighted by Crippen LogP contribution is 2.27. The molecule has 1 heterocycles. The molecule has 0 bridgehead atoms. The second-order valence-electron chi connectivity index (χ2n) is 5.66. The molecule has 0 fully saturated rings. The van der Waals surface area contributed by atoms with Crippen LogP contribution in [-0.4, -0.2) is 42.2 Å². The lowest BCUT2D eigenvalue weighted by Crippen LogP contribution is -2.17. The van der Waals surface area contributed by atoms with Crippen LogP contribution in [0.1, 0.15) is 12.5 Å². The number of fused-ring (bicyclic) bond motifs is 1. The number of rotatable bonds is 7. The van der Waals surface area contributed by atoms with Crippen LogP contribution in [0.3, 0.4) is 0 Å². The minimum Gasteiger partial charge on any atom is -0.493 e. The van der Waals surface area contributed by atoms with Crippen molar-refractivity contribution in [2.24, 2.45) is 5.10 Å². The summed E-state index contributed by atoms with van der Waals surface area (Å²) in [6.07, 6.45) is 2.86. The van der Waals surface area contributed by atoms with Crippen molar-refractivity contribution in [2.45, 2.75) is 6.92 Å². The number of benzene rings is 2. The molecule has 0 saturated heterocycles. The van der Waals surface area contributed by atoms with Crippen LogP contribution in [0.4, 0.5) is 0 Å². The van der Waals surface area contributed by atoms with E-state index in [9.17, 15) is 9.59 Å². The first kappa shape index (κ1) is 19.1. The van der Waals surface area contributed by atoms with Gasteiger partial charge in [0.1, 0.15) is 6.33 Å². The van der Waals surface area contributed by atoms with E-state index in [0.717, 1.165) is 4.68 Å². The molecule has 0 saturated carbocycles. The van der Waals surface area contributed by atoms with Gasteiger partial charge in [0.15, 0.2) is 18.1 Å². The number of carbonyl (C=O) groups is 1. The van der Waals surface area contributed by atoms with Crippen LogP contribution in [0.25, 0.3) is 10.9 Å². The van der Waals surface area contributed by atoms with Crippen molar-refractivity contribution >= 4 is 23.1 Å². The maximum Gasteiger partial charge on any atom is 0.344 e. The van der Waals surface area contributed by atoms with E-state index in [1.807, 2.05) is 6.07 Å². The van der Waals surface area contributed by atoms with E-state index in [4.69, 9.17) is 14.2 Å². The molecule has 28 heavy (non-hydrogen) atoms. The Morgan fingerprint density at radius 2 is 2.04 bits per heavy atom. The molecular weight excluding hydrogens is 362 g/mol. The summed E-state index contributed by atoms with van der Waals surface area (Å²) >= 11 is 0. The SMILES string of the molecule is CCOC(=O)COc1cc(/C=N\n2cnc3ccccc3c2=O)ccc1OC. The zero-order valence-corrected chi connectivity index (χ0v) is 15.5. The van der Waals surface area contributed by atoms with Gasteiger partial charge in [0, 0.05) is 0 Å². The van der Waals surface area contributed by atoms with Crippen molar-refractivity contribution in [2.75, 3.05) is 20.3 Å². The Hall–Kier alpha value is -3.68. The highest BCUT2D eigenvalue weighted by Gasteiger charge is 2.09. The van der Waals surface area contributed by atoms with Crippen LogP contribution in [0.15, 0.2) is 58.7 Å². The lowest BCUT2D eigenvalue weighted by Gasteiger charge is -2.10. The van der Waals surface area contributed by atoms with Crippen LogP contribution in [0, 0.1) is 0 Å². The second kappa shape index (κ2) is 8.81. The number of ether oxygens (including phenoxy) is 3. The molecule has 0 atom stereocenters. The maximum atomic E-state index is 12.5. The fourth-order valence-corrected chi connectivity index (χ4v) is 2.50. The molecule has 0 spiro atoms. The highest BCUT2D eigenvalue weighted by molar-refractivity contribution is 5.81. The minimum absolute atomic E-state index is 0.237. The van der Waals surface area contributed by atoms with Gasteiger partial charge in [-0.15, -0.1) is 0 Å². The van der Waals surface area contributed by atoms with Gasteiger partial charge in [-0.2, -0.15) is 9.78 Å². The summed E-state index contributed by atoms with van der Waals surface area (Å²) < 4.78 is 16.7. The van der Waals surface area contributed by atoms with Crippen molar-refractivity contribution in [3.63, 3.8) is 0 Å². The molecular formula is C20H19N3O5. The van der Waals surface area contributed by atoms with E-state index in [-0.39, 0.29) is 18.8 Å². The molecule has 0 aliphatic rings. The monoisotopic (exact) mass is 381 g/mol. The quantitative estimate of drug-likeness (QED) is 0.460. The zero-order valence-electron chi connectivity index (χ0n) is 15.5. The molecule has 8 nitrogen and oxygen atoms in total. The summed E-state index contributed by atoms with van der Waals surface area (Å²) in [5, 5.41) is 4.66. The van der Waals surface area contributed by atoms with E-state index in [2.05, 4.69) is 10.1 Å². The van der Waals surface area contributed by atoms with Gasteiger partial charge in [-0.25, -0.2) is 9.78 Å². The Balaban J connectivity index is 1.84. The van der Waals surface area contributed by atoms with Crippen LogP contribution < -0.4 is 15.0 Å². The van der Waals surface area contributed by atoms with Crippen molar-refractivity contribution in [1.29, 1.82) is 0 Å². The third-order valence-electron chi connectivity index (χ3n) is 3.82. The molecule has 3 rings (SSSR count). The molecule has 144 valence electrons. The number of hydrogen-bond acceptors (Lipinski definition) is 7. The van der Waals surface area contributed by atoms with Crippen molar-refractivity contribution in [1.82, 2.24) is 9.66 Å². The zero-order chi connectivity index (χ0) is 19.9. The average molecular weight is 381 g/mol. The van der Waals surface area contributed by atoms with Crippen LogP contribution in [-0.2, 0) is 9.53 Å². The smallest absolute Gasteiger partial charge is 0.344 e. The molecule has 0 aliphatic carbocycles. The second-order valence-corrected chi connectivity index (χ2v) is 5.66. The molecule has 0 radical (unpaired) electrons. The van der Waals surface area contributed by atoms with E-state index in [0.29, 0.717) is 28.0 Å². The Kier molecular flexibility index (Phi) is 6.01. The Morgan fingerprint density at radius 1 is 1.21 bits per heavy atom. The summed E-state index contributed by atoms with van der Waals surface area (Å²) in [4.78, 5) is 28.2. The third-order valence-corrected chi connectivity index (χ3v) is 3.82. The summed E-state index contributed by atoms with van der Waals surface area (Å²) in [5.41, 5.74) is 0.993. The maximum absolute atomic E-state index is 12.5. The molecule has 0 aliphatic heterocycles. The molecule has 3 aromatic rings. The highest BCUT2D eigenvalue weighted by atomic mass is 16.6. The molecule has 1 aromatic heterocycles. The summed E-state index contributed by atoms with van der Waals surface area (Å²) in [7, 11) is 1.50. The summed E-state index contributed by atoms with van der Waals surface area (Å²) in [6.45, 7) is 1.76. The lowest BCUT2D eigenvalue weighted by atomic mass is 10.2. The number of methoxy groups -OCH3 is 1. The molecule has 0 N–H and O–H groups in total.